The summed E-state index contributed by atoms with van der Waals surface area (Å²) in [6, 6.07) is 21.6. The number of carbonyl (C=O) groups excluding carboxylic acids is 1. The van der Waals surface area contributed by atoms with Gasteiger partial charge in [0.05, 0.1) is 45.2 Å². The molecule has 4 aromatic rings. The van der Waals surface area contributed by atoms with E-state index in [1.807, 2.05) is 68.6 Å². The minimum absolute atomic E-state index is 0.156. The number of carbonyl (C=O) groups is 1. The Kier molecular flexibility index (Phi) is 10.5. The van der Waals surface area contributed by atoms with Crippen LogP contribution < -0.4 is 10.1 Å². The lowest BCUT2D eigenvalue weighted by atomic mass is 9.95. The first-order valence-electron chi connectivity index (χ1n) is 14.6. The van der Waals surface area contributed by atoms with Crippen LogP contribution in [0.5, 0.6) is 5.75 Å². The van der Waals surface area contributed by atoms with E-state index in [0.717, 1.165) is 22.4 Å². The van der Waals surface area contributed by atoms with Gasteiger partial charge in [0.15, 0.2) is 0 Å². The van der Waals surface area contributed by atoms with E-state index in [1.54, 1.807) is 23.9 Å². The Hall–Kier alpha value is -4.38. The minimum atomic E-state index is -0.694. The van der Waals surface area contributed by atoms with E-state index in [2.05, 4.69) is 15.6 Å². The predicted molar refractivity (Wildman–Crippen MR) is 162 cm³/mol. The van der Waals surface area contributed by atoms with E-state index in [4.69, 9.17) is 18.9 Å². The van der Waals surface area contributed by atoms with Crippen molar-refractivity contribution in [1.29, 1.82) is 0 Å². The van der Waals surface area contributed by atoms with Crippen LogP contribution in [0.25, 0.3) is 0 Å². The summed E-state index contributed by atoms with van der Waals surface area (Å²) >= 11 is 0. The van der Waals surface area contributed by atoms with Crippen LogP contribution in [0.1, 0.15) is 41.0 Å². The van der Waals surface area contributed by atoms with E-state index in [9.17, 15) is 9.18 Å². The van der Waals surface area contributed by atoms with Gasteiger partial charge in [-0.05, 0) is 60.4 Å². The molecule has 2 unspecified atom stereocenters. The zero-order chi connectivity index (χ0) is 30.9. The second-order valence-corrected chi connectivity index (χ2v) is 10.6. The molecule has 2 atom stereocenters. The average Bonchev–Trinajstić information content (AvgIpc) is 3.69. The molecule has 0 aliphatic carbocycles. The Morgan fingerprint density at radius 3 is 2.48 bits per heavy atom. The second kappa shape index (κ2) is 14.9. The van der Waals surface area contributed by atoms with Gasteiger partial charge in [-0.2, -0.15) is 0 Å². The first-order valence-corrected chi connectivity index (χ1v) is 14.6. The molecule has 0 saturated heterocycles. The van der Waals surface area contributed by atoms with E-state index in [0.29, 0.717) is 48.7 Å². The molecule has 1 amide bonds. The quantitative estimate of drug-likeness (QED) is 0.212. The van der Waals surface area contributed by atoms with Crippen LogP contribution in [-0.2, 0) is 45.3 Å². The highest BCUT2D eigenvalue weighted by Gasteiger charge is 2.37. The van der Waals surface area contributed by atoms with Crippen LogP contribution in [0, 0.1) is 12.7 Å². The van der Waals surface area contributed by atoms with Gasteiger partial charge in [0.2, 0.25) is 0 Å². The first-order chi connectivity index (χ1) is 21.4. The number of nitrogens with zero attached hydrogens (tertiary/aromatic N) is 3. The van der Waals surface area contributed by atoms with Gasteiger partial charge < -0.3 is 24.3 Å². The standard InChI is InChI=1S/C34H37FN4O5/c1-4-42-21-28-18-39(38-37-28)19-31(43-20-25-9-15-29(41-3)16-10-25)30-22-44-33(26-11-13-27(35)14-12-26)32(30)34(40)36-17-24-7-5-23(2)6-8-24/h5-16,18,31,33H,4,17,19-22H2,1-3H3,(H,36,40). The highest BCUT2D eigenvalue weighted by atomic mass is 19.1. The van der Waals surface area contributed by atoms with Crippen molar-refractivity contribution >= 4 is 5.91 Å². The fraction of sp³-hybridized carbons (Fsp3) is 0.324. The molecule has 10 heteroatoms. The van der Waals surface area contributed by atoms with Crippen LogP contribution >= 0.6 is 0 Å². The Balaban J connectivity index is 1.47. The summed E-state index contributed by atoms with van der Waals surface area (Å²) in [5.41, 5.74) is 5.55. The smallest absolute Gasteiger partial charge is 0.250 e. The molecule has 2 heterocycles. The van der Waals surface area contributed by atoms with Crippen molar-refractivity contribution in [1.82, 2.24) is 20.3 Å². The van der Waals surface area contributed by atoms with Crippen molar-refractivity contribution in [2.45, 2.75) is 52.4 Å². The second-order valence-electron chi connectivity index (χ2n) is 10.6. The maximum atomic E-state index is 13.9. The zero-order valence-electron chi connectivity index (χ0n) is 25.2. The molecule has 9 nitrogen and oxygen atoms in total. The number of hydrogen-bond acceptors (Lipinski definition) is 7. The van der Waals surface area contributed by atoms with Crippen molar-refractivity contribution in [3.05, 3.63) is 124 Å². The monoisotopic (exact) mass is 600 g/mol. The predicted octanol–water partition coefficient (Wildman–Crippen LogP) is 5.24. The average molecular weight is 601 g/mol. The number of methoxy groups -OCH3 is 1. The molecule has 0 saturated carbocycles. The van der Waals surface area contributed by atoms with Gasteiger partial charge in [0, 0.05) is 13.2 Å². The fourth-order valence-corrected chi connectivity index (χ4v) is 4.97. The van der Waals surface area contributed by atoms with E-state index >= 15 is 0 Å². The summed E-state index contributed by atoms with van der Waals surface area (Å²) in [7, 11) is 1.62. The summed E-state index contributed by atoms with van der Waals surface area (Å²) in [5.74, 6) is 0.105. The SMILES string of the molecule is CCOCc1cn(CC(OCc2ccc(OC)cc2)C2=C(C(=O)NCc3ccc(C)cc3)C(c3ccc(F)cc3)OC2)nn1. The molecule has 44 heavy (non-hydrogen) atoms. The number of aromatic nitrogens is 3. The normalized spacial score (nSPS) is 15.4. The van der Waals surface area contributed by atoms with Crippen LogP contribution in [0.3, 0.4) is 0 Å². The van der Waals surface area contributed by atoms with Gasteiger partial charge in [-0.25, -0.2) is 9.07 Å². The van der Waals surface area contributed by atoms with Crippen molar-refractivity contribution < 1.29 is 28.1 Å². The molecular formula is C34H37FN4O5. The molecule has 0 radical (unpaired) electrons. The summed E-state index contributed by atoms with van der Waals surface area (Å²) in [4.78, 5) is 13.9. The Bertz CT molecular complexity index is 1550. The Morgan fingerprint density at radius 2 is 1.77 bits per heavy atom. The number of benzene rings is 3. The third-order valence-corrected chi connectivity index (χ3v) is 7.40. The highest BCUT2D eigenvalue weighted by Crippen LogP contribution is 2.37. The van der Waals surface area contributed by atoms with Gasteiger partial charge in [-0.3, -0.25) is 4.79 Å². The van der Waals surface area contributed by atoms with Gasteiger partial charge in [0.25, 0.3) is 5.91 Å². The summed E-state index contributed by atoms with van der Waals surface area (Å²) in [6.45, 7) is 5.91. The van der Waals surface area contributed by atoms with Crippen LogP contribution in [0.4, 0.5) is 4.39 Å². The van der Waals surface area contributed by atoms with Crippen molar-refractivity contribution in [2.24, 2.45) is 0 Å². The third-order valence-electron chi connectivity index (χ3n) is 7.40. The van der Waals surface area contributed by atoms with Gasteiger partial charge in [0.1, 0.15) is 29.5 Å². The molecule has 5 rings (SSSR count). The highest BCUT2D eigenvalue weighted by molar-refractivity contribution is 5.96. The molecule has 0 bridgehead atoms. The molecule has 1 aromatic heterocycles. The maximum absolute atomic E-state index is 13.9. The fourth-order valence-electron chi connectivity index (χ4n) is 4.97. The lowest BCUT2D eigenvalue weighted by Crippen LogP contribution is -2.30. The number of hydrogen-bond donors (Lipinski definition) is 1. The lowest BCUT2D eigenvalue weighted by Gasteiger charge is -2.21. The Morgan fingerprint density at radius 1 is 1.05 bits per heavy atom. The van der Waals surface area contributed by atoms with Crippen LogP contribution in [-0.4, -0.2) is 47.3 Å². The molecule has 1 N–H and O–H groups in total. The summed E-state index contributed by atoms with van der Waals surface area (Å²) in [5, 5.41) is 11.6. The van der Waals surface area contributed by atoms with E-state index < -0.39 is 12.2 Å². The zero-order valence-corrected chi connectivity index (χ0v) is 25.2. The number of rotatable bonds is 14. The summed E-state index contributed by atoms with van der Waals surface area (Å²) < 4.78 is 39.0. The number of aryl methyl sites for hydroxylation is 1. The first kappa shape index (κ1) is 31.1. The topological polar surface area (TPSA) is 96.7 Å². The molecule has 1 aliphatic rings. The number of ether oxygens (including phenoxy) is 4. The van der Waals surface area contributed by atoms with Crippen LogP contribution in [0.15, 0.2) is 90.1 Å². The number of nitrogens with one attached hydrogen (secondary N) is 1. The molecule has 0 spiro atoms. The molecule has 3 aromatic carbocycles. The van der Waals surface area contributed by atoms with Crippen molar-refractivity contribution in [2.75, 3.05) is 20.3 Å². The minimum Gasteiger partial charge on any atom is -0.497 e. The van der Waals surface area contributed by atoms with Gasteiger partial charge >= 0.3 is 0 Å². The van der Waals surface area contributed by atoms with Crippen molar-refractivity contribution in [3.63, 3.8) is 0 Å². The lowest BCUT2D eigenvalue weighted by molar-refractivity contribution is -0.118. The van der Waals surface area contributed by atoms with Gasteiger partial charge in [-0.15, -0.1) is 5.10 Å². The maximum Gasteiger partial charge on any atom is 0.250 e. The summed E-state index contributed by atoms with van der Waals surface area (Å²) in [6.07, 6.45) is 0.536. The molecule has 0 fully saturated rings. The van der Waals surface area contributed by atoms with Gasteiger partial charge in [-0.1, -0.05) is 59.3 Å². The molecule has 1 aliphatic heterocycles. The third kappa shape index (κ3) is 7.96. The Labute approximate surface area is 256 Å². The number of amides is 1. The molecular weight excluding hydrogens is 563 g/mol. The molecule has 230 valence electrons. The largest absolute Gasteiger partial charge is 0.497 e. The van der Waals surface area contributed by atoms with Crippen molar-refractivity contribution in [3.8, 4) is 5.75 Å². The van der Waals surface area contributed by atoms with Crippen LogP contribution in [0.2, 0.25) is 0 Å². The van der Waals surface area contributed by atoms with E-state index in [1.165, 1.54) is 12.1 Å². The number of halogens is 1. The van der Waals surface area contributed by atoms with E-state index in [-0.39, 0.29) is 24.9 Å².